The fourth-order valence-corrected chi connectivity index (χ4v) is 4.87. The van der Waals surface area contributed by atoms with Crippen LogP contribution < -0.4 is 0 Å². The molecule has 1 aliphatic rings. The molecule has 28 heavy (non-hydrogen) atoms. The molecule has 2 unspecified atom stereocenters. The van der Waals surface area contributed by atoms with Gasteiger partial charge in [0.2, 0.25) is 5.91 Å². The third-order valence-corrected chi connectivity index (χ3v) is 6.42. The predicted molar refractivity (Wildman–Crippen MR) is 112 cm³/mol. The van der Waals surface area contributed by atoms with E-state index in [-0.39, 0.29) is 17.7 Å². The lowest BCUT2D eigenvalue weighted by Gasteiger charge is -2.30. The Labute approximate surface area is 168 Å². The van der Waals surface area contributed by atoms with Crippen molar-refractivity contribution in [3.63, 3.8) is 0 Å². The summed E-state index contributed by atoms with van der Waals surface area (Å²) in [5, 5.41) is 9.98. The van der Waals surface area contributed by atoms with Crippen LogP contribution in [0.5, 0.6) is 0 Å². The van der Waals surface area contributed by atoms with Crippen LogP contribution in [0.2, 0.25) is 0 Å². The van der Waals surface area contributed by atoms with Gasteiger partial charge in [-0.15, -0.1) is 11.3 Å². The Morgan fingerprint density at radius 2 is 1.93 bits per heavy atom. The summed E-state index contributed by atoms with van der Waals surface area (Å²) in [6.07, 6.45) is 5.88. The predicted octanol–water partition coefficient (Wildman–Crippen LogP) is 4.88. The van der Waals surface area contributed by atoms with Gasteiger partial charge < -0.3 is 4.90 Å². The van der Waals surface area contributed by atoms with E-state index < -0.39 is 0 Å². The summed E-state index contributed by atoms with van der Waals surface area (Å²) >= 11 is 1.70. The topological polar surface area (TPSA) is 57.0 Å². The Bertz CT molecular complexity index is 1030. The van der Waals surface area contributed by atoms with Gasteiger partial charge in [-0.2, -0.15) is 5.26 Å². The monoisotopic (exact) mass is 387 g/mol. The molecule has 0 spiro atoms. The molecule has 5 heteroatoms. The lowest BCUT2D eigenvalue weighted by atomic mass is 9.82. The van der Waals surface area contributed by atoms with Gasteiger partial charge in [0.15, 0.2) is 0 Å². The number of carbonyl (C=O) groups excluding carboxylic acids is 1. The molecule has 2 atom stereocenters. The molecule has 1 amide bonds. The van der Waals surface area contributed by atoms with Crippen LogP contribution in [0.1, 0.15) is 34.9 Å². The highest BCUT2D eigenvalue weighted by Gasteiger charge is 2.33. The average molecular weight is 388 g/mol. The summed E-state index contributed by atoms with van der Waals surface area (Å²) in [5.41, 5.74) is 2.66. The van der Waals surface area contributed by atoms with Crippen LogP contribution in [0, 0.1) is 17.2 Å². The van der Waals surface area contributed by atoms with Crippen molar-refractivity contribution < 1.29 is 4.79 Å². The number of hydrogen-bond donors (Lipinski definition) is 0. The summed E-state index contributed by atoms with van der Waals surface area (Å²) in [6, 6.07) is 17.7. The van der Waals surface area contributed by atoms with Crippen molar-refractivity contribution in [3.8, 4) is 6.07 Å². The molecular formula is C23H21N3OS. The van der Waals surface area contributed by atoms with Crippen molar-refractivity contribution >= 4 is 27.5 Å². The molecule has 4 rings (SSSR count). The maximum Gasteiger partial charge on any atom is 0.226 e. The van der Waals surface area contributed by atoms with Crippen LogP contribution in [-0.2, 0) is 11.3 Å². The number of rotatable bonds is 4. The van der Waals surface area contributed by atoms with E-state index in [2.05, 4.69) is 24.3 Å². The van der Waals surface area contributed by atoms with E-state index >= 15 is 0 Å². The van der Waals surface area contributed by atoms with Gasteiger partial charge >= 0.3 is 0 Å². The summed E-state index contributed by atoms with van der Waals surface area (Å²) in [7, 11) is 1.86. The number of nitriles is 1. The van der Waals surface area contributed by atoms with Crippen LogP contribution >= 0.6 is 11.3 Å². The van der Waals surface area contributed by atoms with E-state index in [9.17, 15) is 4.79 Å². The fraction of sp³-hybridized carbons (Fsp3) is 0.261. The summed E-state index contributed by atoms with van der Waals surface area (Å²) in [5.74, 6) is 0.185. The first kappa shape index (κ1) is 18.4. The normalized spacial score (nSPS) is 18.7. The summed E-state index contributed by atoms with van der Waals surface area (Å²) in [4.78, 5) is 19.9. The standard InChI is InChI=1S/C23H21N3OS/c1-26(15-17-12-10-16(14-24)11-13-17)23(27)19-7-3-2-6-18(19)22-25-20-8-4-5-9-21(20)28-22/h2-5,8-13,18-19H,6-7,15H2,1H3. The van der Waals surface area contributed by atoms with E-state index in [0.717, 1.165) is 28.9 Å². The number of fused-ring (bicyclic) bond motifs is 1. The summed E-state index contributed by atoms with van der Waals surface area (Å²) < 4.78 is 1.17. The molecule has 0 saturated carbocycles. The van der Waals surface area contributed by atoms with Crippen LogP contribution in [0.15, 0.2) is 60.7 Å². The molecule has 0 saturated heterocycles. The van der Waals surface area contributed by atoms with E-state index in [4.69, 9.17) is 10.2 Å². The zero-order valence-electron chi connectivity index (χ0n) is 15.7. The van der Waals surface area contributed by atoms with Crippen molar-refractivity contribution in [3.05, 3.63) is 76.8 Å². The molecular weight excluding hydrogens is 366 g/mol. The number of para-hydroxylation sites is 1. The Morgan fingerprint density at radius 1 is 1.18 bits per heavy atom. The van der Waals surface area contributed by atoms with E-state index in [1.807, 2.05) is 37.4 Å². The van der Waals surface area contributed by atoms with Crippen molar-refractivity contribution in [2.24, 2.45) is 5.92 Å². The number of allylic oxidation sites excluding steroid dienone is 2. The lowest BCUT2D eigenvalue weighted by molar-refractivity contribution is -0.135. The number of thiazole rings is 1. The highest BCUT2D eigenvalue weighted by atomic mass is 32.1. The number of carbonyl (C=O) groups is 1. The van der Waals surface area contributed by atoms with Gasteiger partial charge in [0.05, 0.1) is 32.8 Å². The van der Waals surface area contributed by atoms with E-state index in [1.54, 1.807) is 28.4 Å². The van der Waals surface area contributed by atoms with Gasteiger partial charge in [-0.25, -0.2) is 4.98 Å². The third kappa shape index (κ3) is 3.69. The molecule has 1 aromatic heterocycles. The zero-order chi connectivity index (χ0) is 19.5. The maximum atomic E-state index is 13.2. The van der Waals surface area contributed by atoms with Crippen LogP contribution in [0.4, 0.5) is 0 Å². The third-order valence-electron chi connectivity index (χ3n) is 5.26. The molecule has 0 bridgehead atoms. The van der Waals surface area contributed by atoms with Crippen molar-refractivity contribution in [2.45, 2.75) is 25.3 Å². The molecule has 0 N–H and O–H groups in total. The lowest BCUT2D eigenvalue weighted by Crippen LogP contribution is -2.36. The van der Waals surface area contributed by atoms with Gasteiger partial charge in [-0.3, -0.25) is 4.79 Å². The minimum absolute atomic E-state index is 0.0889. The van der Waals surface area contributed by atoms with Gasteiger partial charge in [-0.05, 0) is 42.7 Å². The SMILES string of the molecule is CN(Cc1ccc(C#N)cc1)C(=O)C1CC=CCC1c1nc2ccccc2s1. The Hall–Kier alpha value is -2.97. The molecule has 140 valence electrons. The molecule has 1 aliphatic carbocycles. The second kappa shape index (κ2) is 7.95. The molecule has 3 aromatic rings. The van der Waals surface area contributed by atoms with Crippen molar-refractivity contribution in [2.75, 3.05) is 7.05 Å². The first-order valence-electron chi connectivity index (χ1n) is 9.40. The van der Waals surface area contributed by atoms with Gasteiger partial charge in [0, 0.05) is 19.5 Å². The number of hydrogen-bond acceptors (Lipinski definition) is 4. The summed E-state index contributed by atoms with van der Waals surface area (Å²) in [6.45, 7) is 0.539. The quantitative estimate of drug-likeness (QED) is 0.600. The van der Waals surface area contributed by atoms with Crippen molar-refractivity contribution in [1.82, 2.24) is 9.88 Å². The van der Waals surface area contributed by atoms with Crippen molar-refractivity contribution in [1.29, 1.82) is 5.26 Å². The Kier molecular flexibility index (Phi) is 5.23. The first-order chi connectivity index (χ1) is 13.7. The van der Waals surface area contributed by atoms with E-state index in [0.29, 0.717) is 12.1 Å². The number of aromatic nitrogens is 1. The minimum Gasteiger partial charge on any atom is -0.341 e. The smallest absolute Gasteiger partial charge is 0.226 e. The maximum absolute atomic E-state index is 13.2. The molecule has 2 aromatic carbocycles. The number of amides is 1. The second-order valence-corrected chi connectivity index (χ2v) is 8.24. The molecule has 0 fully saturated rings. The molecule has 0 radical (unpaired) electrons. The highest BCUT2D eigenvalue weighted by Crippen LogP contribution is 2.39. The number of nitrogens with zero attached hydrogens (tertiary/aromatic N) is 3. The average Bonchev–Trinajstić information content (AvgIpc) is 3.18. The molecule has 1 heterocycles. The van der Waals surface area contributed by atoms with Crippen LogP contribution in [-0.4, -0.2) is 22.8 Å². The Balaban J connectivity index is 1.53. The van der Waals surface area contributed by atoms with Gasteiger partial charge in [0.25, 0.3) is 0 Å². The van der Waals surface area contributed by atoms with Crippen LogP contribution in [0.25, 0.3) is 10.2 Å². The van der Waals surface area contributed by atoms with E-state index in [1.165, 1.54) is 4.70 Å². The first-order valence-corrected chi connectivity index (χ1v) is 10.2. The Morgan fingerprint density at radius 3 is 2.68 bits per heavy atom. The second-order valence-electron chi connectivity index (χ2n) is 7.18. The fourth-order valence-electron chi connectivity index (χ4n) is 3.73. The van der Waals surface area contributed by atoms with Crippen LogP contribution in [0.3, 0.4) is 0 Å². The zero-order valence-corrected chi connectivity index (χ0v) is 16.5. The number of benzene rings is 2. The van der Waals surface area contributed by atoms with Gasteiger partial charge in [0.1, 0.15) is 0 Å². The van der Waals surface area contributed by atoms with Gasteiger partial charge in [-0.1, -0.05) is 36.4 Å². The highest BCUT2D eigenvalue weighted by molar-refractivity contribution is 7.18. The minimum atomic E-state index is -0.0889. The largest absolute Gasteiger partial charge is 0.341 e. The molecule has 0 aliphatic heterocycles. The molecule has 4 nitrogen and oxygen atoms in total.